The van der Waals surface area contributed by atoms with Crippen molar-refractivity contribution in [2.45, 2.75) is 45.6 Å². The summed E-state index contributed by atoms with van der Waals surface area (Å²) in [6, 6.07) is 22.5. The van der Waals surface area contributed by atoms with Crippen LogP contribution in [-0.2, 0) is 25.8 Å². The van der Waals surface area contributed by atoms with Crippen LogP contribution in [0.25, 0.3) is 17.2 Å². The molecule has 0 saturated carbocycles. The first-order valence-electron chi connectivity index (χ1n) is 11.9. The zero-order valence-corrected chi connectivity index (χ0v) is 20.4. The van der Waals surface area contributed by atoms with Gasteiger partial charge < -0.3 is 0 Å². The summed E-state index contributed by atoms with van der Waals surface area (Å²) >= 11 is 6.47. The molecule has 0 aliphatic rings. The van der Waals surface area contributed by atoms with Crippen molar-refractivity contribution in [2.24, 2.45) is 0 Å². The highest BCUT2D eigenvalue weighted by molar-refractivity contribution is 6.30. The molecule has 8 nitrogen and oxygen atoms in total. The summed E-state index contributed by atoms with van der Waals surface area (Å²) in [6.07, 6.45) is 4.93. The van der Waals surface area contributed by atoms with Crippen molar-refractivity contribution in [3.63, 3.8) is 0 Å². The predicted molar refractivity (Wildman–Crippen MR) is 136 cm³/mol. The molecule has 0 atom stereocenters. The first-order valence-corrected chi connectivity index (χ1v) is 12.3. The molecule has 0 saturated heterocycles. The van der Waals surface area contributed by atoms with Gasteiger partial charge in [0.2, 0.25) is 0 Å². The van der Waals surface area contributed by atoms with E-state index < -0.39 is 0 Å². The van der Waals surface area contributed by atoms with Gasteiger partial charge in [-0.05, 0) is 58.7 Å². The average Bonchev–Trinajstić information content (AvgIpc) is 3.63. The lowest BCUT2D eigenvalue weighted by molar-refractivity contribution is 0.613. The molecule has 0 aliphatic heterocycles. The molecular weight excluding hydrogens is 460 g/mol. The van der Waals surface area contributed by atoms with Gasteiger partial charge >= 0.3 is 0 Å². The molecule has 178 valence electrons. The Morgan fingerprint density at radius 1 is 0.886 bits per heavy atom. The Hall–Kier alpha value is -3.78. The van der Waals surface area contributed by atoms with Crippen molar-refractivity contribution in [3.8, 4) is 17.2 Å². The fourth-order valence-corrected chi connectivity index (χ4v) is 4.38. The van der Waals surface area contributed by atoms with Gasteiger partial charge in [0.1, 0.15) is 11.0 Å². The highest BCUT2D eigenvalue weighted by Gasteiger charge is 2.14. The number of aromatic amines is 1. The summed E-state index contributed by atoms with van der Waals surface area (Å²) in [6.45, 7) is 2.88. The van der Waals surface area contributed by atoms with E-state index in [0.717, 1.165) is 60.7 Å². The standard InChI is InChI=1S/C26H27ClN8/c1-2-3-9-25-28-24(17-12-19-7-5-4-6-8-19)31-34(25)18-20-10-13-21(14-11-20)35-22(15-16-23(35)27)26-29-32-33-30-26/h4-8,10-11,13-16H,2-3,9,12,17-18H2,1H3,(H,29,30,32,33). The Balaban J connectivity index is 1.34. The molecule has 3 aromatic heterocycles. The summed E-state index contributed by atoms with van der Waals surface area (Å²) in [5, 5.41) is 19.6. The molecule has 3 heterocycles. The second kappa shape index (κ2) is 10.7. The van der Waals surface area contributed by atoms with Crippen molar-refractivity contribution < 1.29 is 0 Å². The van der Waals surface area contributed by atoms with Crippen LogP contribution in [0.15, 0.2) is 66.7 Å². The van der Waals surface area contributed by atoms with Crippen molar-refractivity contribution in [3.05, 3.63) is 94.7 Å². The third kappa shape index (κ3) is 5.33. The second-order valence-electron chi connectivity index (χ2n) is 8.48. The van der Waals surface area contributed by atoms with Crippen LogP contribution in [0, 0.1) is 0 Å². The summed E-state index contributed by atoms with van der Waals surface area (Å²) in [4.78, 5) is 4.88. The number of benzene rings is 2. The lowest BCUT2D eigenvalue weighted by atomic mass is 10.1. The van der Waals surface area contributed by atoms with Gasteiger partial charge in [0.05, 0.1) is 12.2 Å². The number of aromatic nitrogens is 8. The zero-order chi connectivity index (χ0) is 24.0. The Morgan fingerprint density at radius 3 is 2.46 bits per heavy atom. The van der Waals surface area contributed by atoms with Crippen LogP contribution in [0.4, 0.5) is 0 Å². The monoisotopic (exact) mass is 486 g/mol. The predicted octanol–water partition coefficient (Wildman–Crippen LogP) is 5.08. The van der Waals surface area contributed by atoms with E-state index in [-0.39, 0.29) is 0 Å². The van der Waals surface area contributed by atoms with Crippen LogP contribution in [-0.4, -0.2) is 40.0 Å². The maximum Gasteiger partial charge on any atom is 0.196 e. The van der Waals surface area contributed by atoms with Crippen molar-refractivity contribution in [1.82, 2.24) is 40.0 Å². The van der Waals surface area contributed by atoms with E-state index >= 15 is 0 Å². The van der Waals surface area contributed by atoms with E-state index in [4.69, 9.17) is 21.7 Å². The minimum absolute atomic E-state index is 0.562. The summed E-state index contributed by atoms with van der Waals surface area (Å²) in [5.74, 6) is 2.51. The number of rotatable bonds is 10. The summed E-state index contributed by atoms with van der Waals surface area (Å²) < 4.78 is 3.97. The number of nitrogens with one attached hydrogen (secondary N) is 1. The molecule has 35 heavy (non-hydrogen) atoms. The van der Waals surface area contributed by atoms with Crippen molar-refractivity contribution >= 4 is 11.6 Å². The van der Waals surface area contributed by atoms with Crippen LogP contribution >= 0.6 is 11.6 Å². The molecular formula is C26H27ClN8. The molecule has 0 aliphatic carbocycles. The van der Waals surface area contributed by atoms with E-state index in [2.05, 4.69) is 68.6 Å². The van der Waals surface area contributed by atoms with E-state index in [1.807, 2.05) is 34.9 Å². The van der Waals surface area contributed by atoms with Crippen LogP contribution in [0.1, 0.15) is 42.5 Å². The van der Waals surface area contributed by atoms with Gasteiger partial charge in [-0.25, -0.2) is 14.8 Å². The van der Waals surface area contributed by atoms with Gasteiger partial charge in [-0.1, -0.05) is 67.4 Å². The van der Waals surface area contributed by atoms with Crippen molar-refractivity contribution in [2.75, 3.05) is 0 Å². The van der Waals surface area contributed by atoms with Gasteiger partial charge in [0, 0.05) is 18.5 Å². The topological polar surface area (TPSA) is 90.1 Å². The van der Waals surface area contributed by atoms with Gasteiger partial charge in [-0.15, -0.1) is 5.10 Å². The highest BCUT2D eigenvalue weighted by Crippen LogP contribution is 2.27. The fraction of sp³-hybridized carbons (Fsp3) is 0.269. The van der Waals surface area contributed by atoms with Gasteiger partial charge in [-0.3, -0.25) is 4.57 Å². The lowest BCUT2D eigenvalue weighted by Gasteiger charge is -2.11. The van der Waals surface area contributed by atoms with E-state index in [0.29, 0.717) is 17.5 Å². The molecule has 0 spiro atoms. The number of hydrogen-bond donors (Lipinski definition) is 1. The normalized spacial score (nSPS) is 11.3. The molecule has 0 bridgehead atoms. The van der Waals surface area contributed by atoms with E-state index in [1.54, 1.807) is 0 Å². The minimum atomic E-state index is 0.562. The van der Waals surface area contributed by atoms with Gasteiger partial charge in [-0.2, -0.15) is 5.10 Å². The van der Waals surface area contributed by atoms with Crippen LogP contribution in [0.3, 0.4) is 0 Å². The van der Waals surface area contributed by atoms with E-state index in [9.17, 15) is 0 Å². The highest BCUT2D eigenvalue weighted by atomic mass is 35.5. The number of halogens is 1. The number of aryl methyl sites for hydroxylation is 3. The number of nitrogens with zero attached hydrogens (tertiary/aromatic N) is 7. The third-order valence-corrected chi connectivity index (χ3v) is 6.27. The molecule has 2 aromatic carbocycles. The fourth-order valence-electron chi connectivity index (χ4n) is 4.13. The van der Waals surface area contributed by atoms with Crippen LogP contribution in [0.2, 0.25) is 5.15 Å². The van der Waals surface area contributed by atoms with Crippen LogP contribution < -0.4 is 0 Å². The molecule has 0 unspecified atom stereocenters. The zero-order valence-electron chi connectivity index (χ0n) is 19.6. The first-order chi connectivity index (χ1) is 17.2. The number of unbranched alkanes of at least 4 members (excludes halogenated alkanes) is 1. The Kier molecular flexibility index (Phi) is 6.99. The summed E-state index contributed by atoms with van der Waals surface area (Å²) in [5.41, 5.74) is 4.19. The number of H-pyrrole nitrogens is 1. The number of tetrazole rings is 1. The molecule has 0 radical (unpaired) electrons. The smallest absolute Gasteiger partial charge is 0.196 e. The molecule has 1 N–H and O–H groups in total. The Labute approximate surface area is 209 Å². The summed E-state index contributed by atoms with van der Waals surface area (Å²) in [7, 11) is 0. The quantitative estimate of drug-likeness (QED) is 0.297. The maximum absolute atomic E-state index is 6.47. The molecule has 5 aromatic rings. The van der Waals surface area contributed by atoms with Crippen molar-refractivity contribution in [1.29, 1.82) is 0 Å². The molecule has 0 amide bonds. The first kappa shape index (κ1) is 23.0. The Bertz CT molecular complexity index is 1350. The van der Waals surface area contributed by atoms with Gasteiger partial charge in [0.15, 0.2) is 11.6 Å². The van der Waals surface area contributed by atoms with Crippen LogP contribution in [0.5, 0.6) is 0 Å². The second-order valence-corrected chi connectivity index (χ2v) is 8.87. The molecule has 0 fully saturated rings. The maximum atomic E-state index is 6.47. The lowest BCUT2D eigenvalue weighted by Crippen LogP contribution is -2.08. The Morgan fingerprint density at radius 2 is 1.71 bits per heavy atom. The SMILES string of the molecule is CCCCc1nc(CCc2ccccc2)nn1Cc1ccc(-n2c(Cl)ccc2-c2nnn[nH]2)cc1. The minimum Gasteiger partial charge on any atom is -0.297 e. The average molecular weight is 487 g/mol. The number of hydrogen-bond acceptors (Lipinski definition) is 5. The van der Waals surface area contributed by atoms with Gasteiger partial charge in [0.25, 0.3) is 0 Å². The molecule has 9 heteroatoms. The largest absolute Gasteiger partial charge is 0.297 e. The molecule has 5 rings (SSSR count). The van der Waals surface area contributed by atoms with E-state index in [1.165, 1.54) is 5.56 Å². The third-order valence-electron chi connectivity index (χ3n) is 5.97.